The molecule has 0 spiro atoms. The van der Waals surface area contributed by atoms with Gasteiger partial charge in [-0.2, -0.15) is 0 Å². The Bertz CT molecular complexity index is 648. The first-order valence-corrected chi connectivity index (χ1v) is 8.44. The highest BCUT2D eigenvalue weighted by Gasteiger charge is 2.12. The fraction of sp³-hybridized carbons (Fsp3) is 0.278. The molecule has 1 amide bonds. The van der Waals surface area contributed by atoms with Crippen LogP contribution in [0.15, 0.2) is 53.0 Å². The van der Waals surface area contributed by atoms with Gasteiger partial charge in [0.05, 0.1) is 5.56 Å². The molecule has 0 aliphatic carbocycles. The molecule has 0 unspecified atom stereocenters. The van der Waals surface area contributed by atoms with Crippen molar-refractivity contribution in [1.82, 2.24) is 0 Å². The zero-order valence-corrected chi connectivity index (χ0v) is 14.0. The summed E-state index contributed by atoms with van der Waals surface area (Å²) in [6.07, 6.45) is 3.86. The maximum atomic E-state index is 12.3. The zero-order chi connectivity index (χ0) is 15.4. The van der Waals surface area contributed by atoms with E-state index in [1.165, 1.54) is 24.9 Å². The molecule has 4 heteroatoms. The largest absolute Gasteiger partial charge is 0.372 e. The average molecular weight is 359 g/mol. The summed E-state index contributed by atoms with van der Waals surface area (Å²) in [7, 11) is 0. The van der Waals surface area contributed by atoms with Crippen LogP contribution in [0.4, 0.5) is 11.4 Å². The number of hydrogen-bond donors (Lipinski definition) is 1. The predicted molar refractivity (Wildman–Crippen MR) is 94.6 cm³/mol. The van der Waals surface area contributed by atoms with Gasteiger partial charge in [-0.05, 0) is 71.6 Å². The molecule has 0 bridgehead atoms. The number of rotatable bonds is 3. The van der Waals surface area contributed by atoms with Crippen LogP contribution in [0.2, 0.25) is 0 Å². The highest BCUT2D eigenvalue weighted by molar-refractivity contribution is 9.10. The average Bonchev–Trinajstić information content (AvgIpc) is 2.57. The second-order valence-electron chi connectivity index (χ2n) is 5.53. The molecule has 1 N–H and O–H groups in total. The lowest BCUT2D eigenvalue weighted by Gasteiger charge is -2.28. The van der Waals surface area contributed by atoms with Crippen LogP contribution in [0.25, 0.3) is 0 Å². The number of piperidine rings is 1. The van der Waals surface area contributed by atoms with Crippen LogP contribution in [0, 0.1) is 0 Å². The quantitative estimate of drug-likeness (QED) is 0.862. The predicted octanol–water partition coefficient (Wildman–Crippen LogP) is 4.69. The Morgan fingerprint density at radius 3 is 2.32 bits per heavy atom. The van der Waals surface area contributed by atoms with Gasteiger partial charge in [0.25, 0.3) is 5.91 Å². The summed E-state index contributed by atoms with van der Waals surface area (Å²) in [4.78, 5) is 14.7. The minimum Gasteiger partial charge on any atom is -0.372 e. The van der Waals surface area contributed by atoms with Gasteiger partial charge in [0.15, 0.2) is 0 Å². The first-order valence-electron chi connectivity index (χ1n) is 7.65. The molecular formula is C18H19BrN2O. The molecule has 1 saturated heterocycles. The Balaban J connectivity index is 1.68. The lowest BCUT2D eigenvalue weighted by atomic mass is 10.1. The summed E-state index contributed by atoms with van der Waals surface area (Å²) in [5.74, 6) is -0.0989. The van der Waals surface area contributed by atoms with E-state index in [4.69, 9.17) is 0 Å². The summed E-state index contributed by atoms with van der Waals surface area (Å²) in [5.41, 5.74) is 2.70. The van der Waals surface area contributed by atoms with E-state index >= 15 is 0 Å². The second-order valence-corrected chi connectivity index (χ2v) is 6.38. The van der Waals surface area contributed by atoms with E-state index in [0.29, 0.717) is 5.56 Å². The SMILES string of the molecule is O=C(Nc1ccc(N2CCCCC2)cc1)c1ccccc1Br. The van der Waals surface area contributed by atoms with Gasteiger partial charge in [-0.1, -0.05) is 12.1 Å². The molecule has 2 aromatic carbocycles. The van der Waals surface area contributed by atoms with Crippen molar-refractivity contribution in [2.45, 2.75) is 19.3 Å². The van der Waals surface area contributed by atoms with Gasteiger partial charge >= 0.3 is 0 Å². The van der Waals surface area contributed by atoms with Crippen LogP contribution in [0.1, 0.15) is 29.6 Å². The van der Waals surface area contributed by atoms with E-state index in [1.54, 1.807) is 0 Å². The maximum Gasteiger partial charge on any atom is 0.256 e. The normalized spacial score (nSPS) is 14.7. The Labute approximate surface area is 139 Å². The third kappa shape index (κ3) is 3.50. The van der Waals surface area contributed by atoms with Gasteiger partial charge in [-0.25, -0.2) is 0 Å². The lowest BCUT2D eigenvalue weighted by Crippen LogP contribution is -2.29. The topological polar surface area (TPSA) is 32.3 Å². The van der Waals surface area contributed by atoms with E-state index < -0.39 is 0 Å². The Kier molecular flexibility index (Phi) is 4.78. The van der Waals surface area contributed by atoms with Gasteiger partial charge in [0, 0.05) is 28.9 Å². The number of nitrogens with zero attached hydrogens (tertiary/aromatic N) is 1. The molecule has 3 nitrogen and oxygen atoms in total. The summed E-state index contributed by atoms with van der Waals surface area (Å²) in [5, 5.41) is 2.94. The number of hydrogen-bond acceptors (Lipinski definition) is 2. The van der Waals surface area contributed by atoms with Gasteiger partial charge in [0.2, 0.25) is 0 Å². The van der Waals surface area contributed by atoms with E-state index in [9.17, 15) is 4.79 Å². The number of halogens is 1. The molecule has 0 atom stereocenters. The number of carbonyl (C=O) groups is 1. The van der Waals surface area contributed by atoms with Crippen molar-refractivity contribution in [2.75, 3.05) is 23.3 Å². The van der Waals surface area contributed by atoms with Crippen LogP contribution in [-0.4, -0.2) is 19.0 Å². The Morgan fingerprint density at radius 1 is 0.955 bits per heavy atom. The van der Waals surface area contributed by atoms with E-state index in [1.807, 2.05) is 36.4 Å². The van der Waals surface area contributed by atoms with Crippen molar-refractivity contribution in [3.8, 4) is 0 Å². The summed E-state index contributed by atoms with van der Waals surface area (Å²) in [6.45, 7) is 2.26. The zero-order valence-electron chi connectivity index (χ0n) is 12.4. The number of nitrogens with one attached hydrogen (secondary N) is 1. The van der Waals surface area contributed by atoms with E-state index in [0.717, 1.165) is 23.2 Å². The monoisotopic (exact) mass is 358 g/mol. The number of benzene rings is 2. The molecule has 1 heterocycles. The molecule has 0 saturated carbocycles. The Hall–Kier alpha value is -1.81. The molecule has 0 aromatic heterocycles. The first-order chi connectivity index (χ1) is 10.7. The van der Waals surface area contributed by atoms with E-state index in [-0.39, 0.29) is 5.91 Å². The van der Waals surface area contributed by atoms with Crippen molar-refractivity contribution in [3.63, 3.8) is 0 Å². The highest BCUT2D eigenvalue weighted by Crippen LogP contribution is 2.23. The van der Waals surface area contributed by atoms with Crippen molar-refractivity contribution in [3.05, 3.63) is 58.6 Å². The molecule has 3 rings (SSSR count). The van der Waals surface area contributed by atoms with Gasteiger partial charge in [0.1, 0.15) is 0 Å². The smallest absolute Gasteiger partial charge is 0.256 e. The summed E-state index contributed by atoms with van der Waals surface area (Å²) < 4.78 is 0.803. The lowest BCUT2D eigenvalue weighted by molar-refractivity contribution is 0.102. The van der Waals surface area contributed by atoms with Crippen molar-refractivity contribution >= 4 is 33.2 Å². The standard InChI is InChI=1S/C18H19BrN2O/c19-17-7-3-2-6-16(17)18(22)20-14-8-10-15(11-9-14)21-12-4-1-5-13-21/h2-3,6-11H,1,4-5,12-13H2,(H,20,22). The molecular weight excluding hydrogens is 340 g/mol. The second kappa shape index (κ2) is 6.97. The molecule has 2 aromatic rings. The highest BCUT2D eigenvalue weighted by atomic mass is 79.9. The third-order valence-corrected chi connectivity index (χ3v) is 4.66. The molecule has 22 heavy (non-hydrogen) atoms. The van der Waals surface area contributed by atoms with Crippen LogP contribution in [0.5, 0.6) is 0 Å². The molecule has 114 valence electrons. The van der Waals surface area contributed by atoms with Crippen LogP contribution < -0.4 is 10.2 Å². The van der Waals surface area contributed by atoms with Crippen molar-refractivity contribution in [2.24, 2.45) is 0 Å². The van der Waals surface area contributed by atoms with Gasteiger partial charge in [-0.15, -0.1) is 0 Å². The third-order valence-electron chi connectivity index (χ3n) is 3.96. The van der Waals surface area contributed by atoms with Crippen molar-refractivity contribution in [1.29, 1.82) is 0 Å². The summed E-state index contributed by atoms with van der Waals surface area (Å²) in [6, 6.07) is 15.5. The number of amides is 1. The molecule has 1 fully saturated rings. The maximum absolute atomic E-state index is 12.3. The number of carbonyl (C=O) groups excluding carboxylic acids is 1. The van der Waals surface area contributed by atoms with Gasteiger partial charge in [-0.3, -0.25) is 4.79 Å². The van der Waals surface area contributed by atoms with Crippen LogP contribution in [0.3, 0.4) is 0 Å². The van der Waals surface area contributed by atoms with E-state index in [2.05, 4.69) is 38.3 Å². The first kappa shape index (κ1) is 15.1. The minimum absolute atomic E-state index is 0.0989. The van der Waals surface area contributed by atoms with Crippen molar-refractivity contribution < 1.29 is 4.79 Å². The Morgan fingerprint density at radius 2 is 1.64 bits per heavy atom. The molecule has 1 aliphatic rings. The fourth-order valence-corrected chi connectivity index (χ4v) is 3.22. The minimum atomic E-state index is -0.0989. The summed E-state index contributed by atoms with van der Waals surface area (Å²) >= 11 is 3.41. The molecule has 0 radical (unpaired) electrons. The van der Waals surface area contributed by atoms with Gasteiger partial charge < -0.3 is 10.2 Å². The fourth-order valence-electron chi connectivity index (χ4n) is 2.75. The molecule has 1 aliphatic heterocycles. The number of anilines is 2. The van der Waals surface area contributed by atoms with Crippen LogP contribution in [-0.2, 0) is 0 Å². The van der Waals surface area contributed by atoms with Crippen LogP contribution >= 0.6 is 15.9 Å².